The van der Waals surface area contributed by atoms with Gasteiger partial charge < -0.3 is 14.6 Å². The van der Waals surface area contributed by atoms with Crippen LogP contribution in [0.3, 0.4) is 0 Å². The molecule has 0 aliphatic heterocycles. The molecule has 1 amide bonds. The lowest BCUT2D eigenvalue weighted by Crippen LogP contribution is -2.24. The molecule has 0 aliphatic rings. The Labute approximate surface area is 157 Å². The molecular formula is C21H21FN2O3. The third-order valence-corrected chi connectivity index (χ3v) is 4.04. The number of rotatable bonds is 9. The number of amides is 1. The van der Waals surface area contributed by atoms with Crippen LogP contribution in [-0.2, 0) is 17.6 Å². The fourth-order valence-corrected chi connectivity index (χ4v) is 2.62. The Balaban J connectivity index is 1.41. The molecule has 0 bridgehead atoms. The average Bonchev–Trinajstić information content (AvgIpc) is 3.19. The Kier molecular flexibility index (Phi) is 6.57. The number of benzene rings is 2. The topological polar surface area (TPSA) is 64.4 Å². The first-order chi connectivity index (χ1) is 13.2. The Morgan fingerprint density at radius 3 is 2.70 bits per heavy atom. The van der Waals surface area contributed by atoms with Gasteiger partial charge in [0.15, 0.2) is 0 Å². The highest BCUT2D eigenvalue weighted by molar-refractivity contribution is 5.76. The van der Waals surface area contributed by atoms with E-state index in [1.54, 1.807) is 24.6 Å². The van der Waals surface area contributed by atoms with E-state index in [0.717, 1.165) is 24.0 Å². The van der Waals surface area contributed by atoms with E-state index in [-0.39, 0.29) is 11.7 Å². The van der Waals surface area contributed by atoms with Crippen LogP contribution in [0.25, 0.3) is 0 Å². The largest absolute Gasteiger partial charge is 0.457 e. The number of ether oxygens (including phenoxy) is 1. The molecule has 0 unspecified atom stereocenters. The van der Waals surface area contributed by atoms with Crippen molar-refractivity contribution < 1.29 is 18.4 Å². The maximum atomic E-state index is 12.9. The molecule has 3 rings (SSSR count). The second kappa shape index (κ2) is 9.52. The van der Waals surface area contributed by atoms with Crippen molar-refractivity contribution >= 4 is 5.91 Å². The van der Waals surface area contributed by atoms with Crippen LogP contribution in [0.5, 0.6) is 11.5 Å². The highest BCUT2D eigenvalue weighted by Crippen LogP contribution is 2.22. The molecule has 6 heteroatoms. The van der Waals surface area contributed by atoms with Crippen molar-refractivity contribution in [3.63, 3.8) is 0 Å². The van der Waals surface area contributed by atoms with E-state index in [1.807, 2.05) is 24.3 Å². The van der Waals surface area contributed by atoms with Gasteiger partial charge in [-0.15, -0.1) is 0 Å². The van der Waals surface area contributed by atoms with Gasteiger partial charge in [-0.05, 0) is 61.2 Å². The minimum absolute atomic E-state index is 0.0187. The molecule has 5 nitrogen and oxygen atoms in total. The van der Waals surface area contributed by atoms with Crippen molar-refractivity contribution in [1.82, 2.24) is 10.5 Å². The summed E-state index contributed by atoms with van der Waals surface area (Å²) in [6, 6.07) is 13.4. The van der Waals surface area contributed by atoms with Crippen molar-refractivity contribution in [2.45, 2.75) is 25.7 Å². The number of halogens is 1. The van der Waals surface area contributed by atoms with Gasteiger partial charge in [-0.2, -0.15) is 0 Å². The lowest BCUT2D eigenvalue weighted by Gasteiger charge is -2.08. The lowest BCUT2D eigenvalue weighted by molar-refractivity contribution is -0.121. The zero-order valence-electron chi connectivity index (χ0n) is 14.9. The number of aromatic nitrogens is 1. The molecule has 27 heavy (non-hydrogen) atoms. The SMILES string of the molecule is O=C(CCc1cccc(Oc2ccc(F)cc2)c1)NCCCc1cnoc1. The molecule has 0 radical (unpaired) electrons. The van der Waals surface area contributed by atoms with E-state index in [1.165, 1.54) is 12.1 Å². The van der Waals surface area contributed by atoms with Crippen LogP contribution in [0.4, 0.5) is 4.39 Å². The maximum absolute atomic E-state index is 12.9. The zero-order chi connectivity index (χ0) is 18.9. The smallest absolute Gasteiger partial charge is 0.220 e. The second-order valence-electron chi connectivity index (χ2n) is 6.19. The zero-order valence-corrected chi connectivity index (χ0v) is 14.9. The van der Waals surface area contributed by atoms with Gasteiger partial charge in [0.05, 0.1) is 6.20 Å². The number of nitrogens with one attached hydrogen (secondary N) is 1. The normalized spacial score (nSPS) is 10.6. The van der Waals surface area contributed by atoms with E-state index in [9.17, 15) is 9.18 Å². The summed E-state index contributed by atoms with van der Waals surface area (Å²) in [5.41, 5.74) is 2.04. The molecule has 1 heterocycles. The van der Waals surface area contributed by atoms with Crippen LogP contribution in [0, 0.1) is 5.82 Å². The van der Waals surface area contributed by atoms with Gasteiger partial charge in [-0.1, -0.05) is 17.3 Å². The molecule has 3 aromatic rings. The summed E-state index contributed by atoms with van der Waals surface area (Å²) in [6.45, 7) is 0.623. The number of aryl methyl sites for hydroxylation is 2. The van der Waals surface area contributed by atoms with E-state index >= 15 is 0 Å². The van der Waals surface area contributed by atoms with Gasteiger partial charge >= 0.3 is 0 Å². The van der Waals surface area contributed by atoms with Crippen molar-refractivity contribution in [3.8, 4) is 11.5 Å². The Morgan fingerprint density at radius 1 is 1.07 bits per heavy atom. The predicted molar refractivity (Wildman–Crippen MR) is 99.1 cm³/mol. The predicted octanol–water partition coefficient (Wildman–Crippen LogP) is 4.29. The molecule has 140 valence electrons. The highest BCUT2D eigenvalue weighted by atomic mass is 19.1. The van der Waals surface area contributed by atoms with E-state index < -0.39 is 0 Å². The fourth-order valence-electron chi connectivity index (χ4n) is 2.62. The molecule has 1 aromatic heterocycles. The molecule has 1 N–H and O–H groups in total. The standard InChI is InChI=1S/C21H21FN2O3/c22-18-7-9-19(10-8-18)27-20-5-1-3-16(13-20)6-11-21(25)23-12-2-4-17-14-24-26-15-17/h1,3,5,7-10,13-15H,2,4,6,11-12H2,(H,23,25). The fraction of sp³-hybridized carbons (Fsp3) is 0.238. The number of nitrogens with zero attached hydrogens (tertiary/aromatic N) is 1. The first-order valence-corrected chi connectivity index (χ1v) is 8.86. The minimum Gasteiger partial charge on any atom is -0.457 e. The van der Waals surface area contributed by atoms with Gasteiger partial charge in [0.1, 0.15) is 23.6 Å². The first-order valence-electron chi connectivity index (χ1n) is 8.86. The summed E-state index contributed by atoms with van der Waals surface area (Å²) in [6.07, 6.45) is 6.00. The van der Waals surface area contributed by atoms with E-state index in [2.05, 4.69) is 10.5 Å². The van der Waals surface area contributed by atoms with Crippen molar-refractivity contribution in [3.05, 3.63) is 77.9 Å². The van der Waals surface area contributed by atoms with Gasteiger partial charge in [0.2, 0.25) is 5.91 Å². The van der Waals surface area contributed by atoms with Gasteiger partial charge in [-0.25, -0.2) is 4.39 Å². The van der Waals surface area contributed by atoms with E-state index in [4.69, 9.17) is 9.26 Å². The summed E-state index contributed by atoms with van der Waals surface area (Å²) < 4.78 is 23.4. The van der Waals surface area contributed by atoms with Gasteiger partial charge in [-0.3, -0.25) is 4.79 Å². The summed E-state index contributed by atoms with van der Waals surface area (Å²) in [5, 5.41) is 6.57. The number of hydrogen-bond acceptors (Lipinski definition) is 4. The Morgan fingerprint density at radius 2 is 1.93 bits per heavy atom. The second-order valence-corrected chi connectivity index (χ2v) is 6.19. The number of carbonyl (C=O) groups is 1. The monoisotopic (exact) mass is 368 g/mol. The molecule has 0 atom stereocenters. The van der Waals surface area contributed by atoms with Crippen LogP contribution < -0.4 is 10.1 Å². The summed E-state index contributed by atoms with van der Waals surface area (Å²) in [5.74, 6) is 0.945. The Bertz CT molecular complexity index is 848. The van der Waals surface area contributed by atoms with Crippen LogP contribution in [0.15, 0.2) is 65.5 Å². The van der Waals surface area contributed by atoms with Gasteiger partial charge in [0.25, 0.3) is 0 Å². The Hall–Kier alpha value is -3.15. The first kappa shape index (κ1) is 18.6. The quantitative estimate of drug-likeness (QED) is 0.572. The molecule has 0 saturated carbocycles. The molecule has 0 aliphatic carbocycles. The number of carbonyl (C=O) groups excluding carboxylic acids is 1. The average molecular weight is 368 g/mol. The minimum atomic E-state index is -0.302. The van der Waals surface area contributed by atoms with Crippen LogP contribution in [-0.4, -0.2) is 17.6 Å². The van der Waals surface area contributed by atoms with Crippen LogP contribution in [0.2, 0.25) is 0 Å². The lowest BCUT2D eigenvalue weighted by atomic mass is 10.1. The third-order valence-electron chi connectivity index (χ3n) is 4.04. The summed E-state index contributed by atoms with van der Waals surface area (Å²) >= 11 is 0. The molecule has 2 aromatic carbocycles. The molecule has 0 fully saturated rings. The van der Waals surface area contributed by atoms with Crippen LogP contribution >= 0.6 is 0 Å². The highest BCUT2D eigenvalue weighted by Gasteiger charge is 2.04. The maximum Gasteiger partial charge on any atom is 0.220 e. The van der Waals surface area contributed by atoms with Gasteiger partial charge in [0, 0.05) is 18.5 Å². The van der Waals surface area contributed by atoms with E-state index in [0.29, 0.717) is 30.9 Å². The van der Waals surface area contributed by atoms with Crippen molar-refractivity contribution in [2.75, 3.05) is 6.54 Å². The van der Waals surface area contributed by atoms with Crippen molar-refractivity contribution in [2.24, 2.45) is 0 Å². The van der Waals surface area contributed by atoms with Crippen LogP contribution in [0.1, 0.15) is 24.0 Å². The third kappa shape index (κ3) is 6.26. The van der Waals surface area contributed by atoms with Crippen molar-refractivity contribution in [1.29, 1.82) is 0 Å². The molecule has 0 saturated heterocycles. The summed E-state index contributed by atoms with van der Waals surface area (Å²) in [7, 11) is 0. The molecule has 0 spiro atoms. The number of hydrogen-bond donors (Lipinski definition) is 1. The summed E-state index contributed by atoms with van der Waals surface area (Å²) in [4.78, 5) is 12.0. The molecular weight excluding hydrogens is 347 g/mol.